The monoisotopic (exact) mass is 286 g/mol. The van der Waals surface area contributed by atoms with Crippen molar-refractivity contribution in [1.82, 2.24) is 29.6 Å². The van der Waals surface area contributed by atoms with Crippen molar-refractivity contribution in [1.29, 1.82) is 0 Å². The molecule has 3 rings (SSSR count). The van der Waals surface area contributed by atoms with E-state index in [0.717, 1.165) is 22.3 Å². The van der Waals surface area contributed by atoms with Gasteiger partial charge in [-0.3, -0.25) is 9.48 Å². The number of likely N-dealkylation sites (N-methyl/N-ethyl adjacent to an activating group) is 1. The van der Waals surface area contributed by atoms with Gasteiger partial charge in [0.1, 0.15) is 18.0 Å². The predicted molar refractivity (Wildman–Crippen MR) is 80.6 cm³/mol. The highest BCUT2D eigenvalue weighted by Gasteiger charge is 2.18. The molecule has 3 aromatic heterocycles. The first kappa shape index (κ1) is 13.3. The number of aromatic nitrogens is 5. The minimum Gasteiger partial charge on any atom is -0.347 e. The van der Waals surface area contributed by atoms with E-state index in [1.165, 1.54) is 6.33 Å². The Bertz CT molecular complexity index is 793. The second-order valence-corrected chi connectivity index (χ2v) is 5.08. The van der Waals surface area contributed by atoms with Crippen LogP contribution in [0.5, 0.6) is 0 Å². The molecule has 0 aliphatic heterocycles. The molecule has 0 bridgehead atoms. The van der Waals surface area contributed by atoms with Gasteiger partial charge in [-0.1, -0.05) is 0 Å². The third-order valence-corrected chi connectivity index (χ3v) is 3.42. The fraction of sp³-hybridized carbons (Fsp3) is 0.286. The van der Waals surface area contributed by atoms with Gasteiger partial charge >= 0.3 is 0 Å². The van der Waals surface area contributed by atoms with Gasteiger partial charge in [-0.15, -0.1) is 0 Å². The van der Waals surface area contributed by atoms with E-state index in [1.54, 1.807) is 29.9 Å². The van der Waals surface area contributed by atoms with Crippen molar-refractivity contribution in [2.24, 2.45) is 0 Å². The molecule has 1 unspecified atom stereocenters. The Morgan fingerprint density at radius 2 is 2.24 bits per heavy atom. The van der Waals surface area contributed by atoms with Gasteiger partial charge in [-0.25, -0.2) is 9.97 Å². The largest absolute Gasteiger partial charge is 0.347 e. The van der Waals surface area contributed by atoms with Crippen LogP contribution in [0.15, 0.2) is 31.0 Å². The van der Waals surface area contributed by atoms with E-state index in [2.05, 4.69) is 20.1 Å². The number of fused-ring (bicyclic) bond motifs is 1. The Hall–Kier alpha value is -2.70. The molecule has 0 spiro atoms. The number of hydrogen-bond acceptors (Lipinski definition) is 4. The van der Waals surface area contributed by atoms with E-state index in [0.29, 0.717) is 0 Å². The first-order valence-corrected chi connectivity index (χ1v) is 6.61. The standard InChI is InChI=1S/C14H16N6O.H2/c1-9(14(21)19(2)3)20-7-10(6-18-20)12-11-4-5-15-13(11)17-8-16-12;/h4-9H,1-3H3,(H,15,16,17);1H. The van der Waals surface area contributed by atoms with E-state index in [9.17, 15) is 4.79 Å². The fourth-order valence-corrected chi connectivity index (χ4v) is 2.26. The van der Waals surface area contributed by atoms with Crippen molar-refractivity contribution < 1.29 is 6.22 Å². The third-order valence-electron chi connectivity index (χ3n) is 3.42. The normalized spacial score (nSPS) is 12.5. The van der Waals surface area contributed by atoms with Gasteiger partial charge in [-0.05, 0) is 13.0 Å². The van der Waals surface area contributed by atoms with E-state index < -0.39 is 0 Å². The summed E-state index contributed by atoms with van der Waals surface area (Å²) < 4.78 is 1.65. The van der Waals surface area contributed by atoms with Crippen LogP contribution >= 0.6 is 0 Å². The van der Waals surface area contributed by atoms with Gasteiger partial charge in [0.05, 0.1) is 11.9 Å². The lowest BCUT2D eigenvalue weighted by atomic mass is 10.2. The van der Waals surface area contributed by atoms with Crippen LogP contribution in [0.1, 0.15) is 14.4 Å². The van der Waals surface area contributed by atoms with Gasteiger partial charge in [0.2, 0.25) is 5.91 Å². The Morgan fingerprint density at radius 1 is 1.43 bits per heavy atom. The topological polar surface area (TPSA) is 79.7 Å². The number of rotatable bonds is 3. The van der Waals surface area contributed by atoms with Gasteiger partial charge in [0.15, 0.2) is 0 Å². The highest BCUT2D eigenvalue weighted by atomic mass is 16.2. The van der Waals surface area contributed by atoms with Crippen molar-refractivity contribution in [3.05, 3.63) is 31.0 Å². The summed E-state index contributed by atoms with van der Waals surface area (Å²) in [7, 11) is 3.47. The highest BCUT2D eigenvalue weighted by Crippen LogP contribution is 2.25. The van der Waals surface area contributed by atoms with Crippen LogP contribution < -0.4 is 0 Å². The minimum absolute atomic E-state index is 0. The van der Waals surface area contributed by atoms with Crippen molar-refractivity contribution in [3.63, 3.8) is 0 Å². The van der Waals surface area contributed by atoms with Crippen LogP contribution in [0, 0.1) is 0 Å². The molecule has 1 atom stereocenters. The molecule has 0 aromatic carbocycles. The number of nitrogens with zero attached hydrogens (tertiary/aromatic N) is 5. The smallest absolute Gasteiger partial charge is 0.246 e. The number of hydrogen-bond donors (Lipinski definition) is 1. The van der Waals surface area contributed by atoms with Gasteiger partial charge in [0.25, 0.3) is 0 Å². The number of carbonyl (C=O) groups is 1. The SMILES string of the molecule is CC(C(=O)N(C)C)n1cc(-c2ncnc3[nH]ccc23)cn1.[HH]. The van der Waals surface area contributed by atoms with Gasteiger partial charge < -0.3 is 9.88 Å². The summed E-state index contributed by atoms with van der Waals surface area (Å²) in [5, 5.41) is 5.22. The average molecular weight is 286 g/mol. The van der Waals surface area contributed by atoms with Crippen LogP contribution in [-0.4, -0.2) is 49.6 Å². The average Bonchev–Trinajstić information content (AvgIpc) is 3.13. The highest BCUT2D eigenvalue weighted by molar-refractivity contribution is 5.90. The molecule has 0 saturated carbocycles. The number of H-pyrrole nitrogens is 1. The molecule has 3 aromatic rings. The van der Waals surface area contributed by atoms with Gasteiger partial charge in [-0.2, -0.15) is 5.10 Å². The Kier molecular flexibility index (Phi) is 3.17. The molecule has 1 amide bonds. The number of amides is 1. The van der Waals surface area contributed by atoms with Crippen molar-refractivity contribution in [2.45, 2.75) is 13.0 Å². The molecule has 0 radical (unpaired) electrons. The molecule has 0 aliphatic rings. The lowest BCUT2D eigenvalue weighted by Gasteiger charge is -2.16. The Morgan fingerprint density at radius 3 is 3.00 bits per heavy atom. The molecule has 110 valence electrons. The second kappa shape index (κ2) is 5.01. The number of aromatic amines is 1. The van der Waals surface area contributed by atoms with Crippen molar-refractivity contribution in [3.8, 4) is 11.3 Å². The van der Waals surface area contributed by atoms with Crippen LogP contribution in [0.4, 0.5) is 0 Å². The van der Waals surface area contributed by atoms with Crippen molar-refractivity contribution in [2.75, 3.05) is 14.1 Å². The predicted octanol–water partition coefficient (Wildman–Crippen LogP) is 1.72. The number of carbonyl (C=O) groups excluding carboxylic acids is 1. The summed E-state index contributed by atoms with van der Waals surface area (Å²) in [5.41, 5.74) is 2.45. The molecule has 0 aliphatic carbocycles. The van der Waals surface area contributed by atoms with E-state index in [4.69, 9.17) is 0 Å². The molecule has 3 heterocycles. The molecule has 21 heavy (non-hydrogen) atoms. The zero-order valence-corrected chi connectivity index (χ0v) is 12.1. The molecule has 0 fully saturated rings. The lowest BCUT2D eigenvalue weighted by molar-refractivity contribution is -0.131. The van der Waals surface area contributed by atoms with E-state index in [1.807, 2.05) is 25.4 Å². The maximum absolute atomic E-state index is 12.0. The molecular formula is C14H18N6O. The summed E-state index contributed by atoms with van der Waals surface area (Å²) in [6, 6.07) is 1.58. The summed E-state index contributed by atoms with van der Waals surface area (Å²) in [5.74, 6) is -0.000807. The van der Waals surface area contributed by atoms with Crippen molar-refractivity contribution >= 4 is 16.9 Å². The first-order valence-electron chi connectivity index (χ1n) is 6.61. The van der Waals surface area contributed by atoms with Crippen LogP contribution in [0.3, 0.4) is 0 Å². The summed E-state index contributed by atoms with van der Waals surface area (Å²) >= 11 is 0. The fourth-order valence-electron chi connectivity index (χ4n) is 2.26. The number of nitrogens with one attached hydrogen (secondary N) is 1. The van der Waals surface area contributed by atoms with E-state index in [-0.39, 0.29) is 13.4 Å². The maximum Gasteiger partial charge on any atom is 0.246 e. The third kappa shape index (κ3) is 2.26. The Labute approximate surface area is 123 Å². The molecule has 7 heteroatoms. The van der Waals surface area contributed by atoms with Crippen LogP contribution in [0.2, 0.25) is 0 Å². The summed E-state index contributed by atoms with van der Waals surface area (Å²) in [4.78, 5) is 25.1. The maximum atomic E-state index is 12.0. The zero-order chi connectivity index (χ0) is 15.0. The van der Waals surface area contributed by atoms with Crippen LogP contribution in [0.25, 0.3) is 22.3 Å². The minimum atomic E-state index is -0.350. The summed E-state index contributed by atoms with van der Waals surface area (Å²) in [6.45, 7) is 1.82. The molecule has 1 N–H and O–H groups in total. The molecular weight excluding hydrogens is 268 g/mol. The molecule has 0 saturated heterocycles. The van der Waals surface area contributed by atoms with Gasteiger partial charge in [0, 0.05) is 38.9 Å². The zero-order valence-electron chi connectivity index (χ0n) is 12.1. The second-order valence-electron chi connectivity index (χ2n) is 5.08. The molecule has 7 nitrogen and oxygen atoms in total. The summed E-state index contributed by atoms with van der Waals surface area (Å²) in [6.07, 6.45) is 6.89. The van der Waals surface area contributed by atoms with E-state index >= 15 is 0 Å². The quantitative estimate of drug-likeness (QED) is 0.795. The first-order chi connectivity index (χ1) is 10.1. The Balaban J connectivity index is 0.00000176. The van der Waals surface area contributed by atoms with Crippen LogP contribution in [-0.2, 0) is 4.79 Å². The lowest BCUT2D eigenvalue weighted by Crippen LogP contribution is -2.30.